The summed E-state index contributed by atoms with van der Waals surface area (Å²) in [6.45, 7) is 0.379. The molecule has 0 saturated carbocycles. The number of carbonyl (C=O) groups is 1. The van der Waals surface area contributed by atoms with E-state index in [1.165, 1.54) is 11.3 Å². The Hall–Kier alpha value is -2.61. The Morgan fingerprint density at radius 2 is 1.97 bits per heavy atom. The summed E-state index contributed by atoms with van der Waals surface area (Å²) in [5, 5.41) is 10.7. The molecule has 1 aromatic carbocycles. The first-order valence-corrected chi connectivity index (χ1v) is 10.4. The van der Waals surface area contributed by atoms with E-state index in [-0.39, 0.29) is 12.0 Å². The van der Waals surface area contributed by atoms with E-state index >= 15 is 0 Å². The van der Waals surface area contributed by atoms with Gasteiger partial charge >= 0.3 is 0 Å². The molecule has 0 radical (unpaired) electrons. The number of pyridine rings is 1. The van der Waals surface area contributed by atoms with Crippen molar-refractivity contribution in [3.63, 3.8) is 0 Å². The van der Waals surface area contributed by atoms with Crippen LogP contribution >= 0.6 is 34.5 Å². The SMILES string of the molecule is O=C(NCC1CC(c2ccc(Nc3ccnc(Cl)c3)cc2)=NO1)c1ccc(Cl)s1. The first-order chi connectivity index (χ1) is 14.1. The van der Waals surface area contributed by atoms with Crippen LogP contribution in [0.2, 0.25) is 9.49 Å². The Morgan fingerprint density at radius 3 is 2.69 bits per heavy atom. The molecule has 1 unspecified atom stereocenters. The molecule has 9 heteroatoms. The minimum absolute atomic E-state index is 0.161. The van der Waals surface area contributed by atoms with Gasteiger partial charge in [-0.3, -0.25) is 4.79 Å². The summed E-state index contributed by atoms with van der Waals surface area (Å²) in [7, 11) is 0. The van der Waals surface area contributed by atoms with Crippen molar-refractivity contribution in [2.24, 2.45) is 5.16 Å². The monoisotopic (exact) mass is 446 g/mol. The highest BCUT2D eigenvalue weighted by atomic mass is 35.5. The Balaban J connectivity index is 1.30. The molecule has 0 bridgehead atoms. The van der Waals surface area contributed by atoms with Gasteiger partial charge in [0.25, 0.3) is 5.91 Å². The van der Waals surface area contributed by atoms with Crippen LogP contribution in [-0.2, 0) is 4.84 Å². The molecule has 3 heterocycles. The van der Waals surface area contributed by atoms with E-state index in [1.54, 1.807) is 24.4 Å². The van der Waals surface area contributed by atoms with Gasteiger partial charge in [-0.25, -0.2) is 4.98 Å². The van der Waals surface area contributed by atoms with Gasteiger partial charge in [-0.2, -0.15) is 0 Å². The minimum Gasteiger partial charge on any atom is -0.390 e. The number of anilines is 2. The van der Waals surface area contributed by atoms with Crippen molar-refractivity contribution in [2.75, 3.05) is 11.9 Å². The number of aromatic nitrogens is 1. The lowest BCUT2D eigenvalue weighted by Gasteiger charge is -2.09. The number of nitrogens with one attached hydrogen (secondary N) is 2. The van der Waals surface area contributed by atoms with Gasteiger partial charge in [0.05, 0.1) is 21.5 Å². The molecular formula is C20H16Cl2N4O2S. The molecule has 4 rings (SSSR count). The smallest absolute Gasteiger partial charge is 0.261 e. The number of carbonyl (C=O) groups excluding carboxylic acids is 1. The third-order valence-corrected chi connectivity index (χ3v) is 5.69. The maximum Gasteiger partial charge on any atom is 0.261 e. The van der Waals surface area contributed by atoms with E-state index in [1.807, 2.05) is 30.3 Å². The molecule has 2 aromatic heterocycles. The van der Waals surface area contributed by atoms with E-state index in [4.69, 9.17) is 28.0 Å². The fourth-order valence-corrected chi connectivity index (χ4v) is 3.96. The predicted molar refractivity (Wildman–Crippen MR) is 117 cm³/mol. The van der Waals surface area contributed by atoms with Crippen LogP contribution in [0.1, 0.15) is 21.7 Å². The predicted octanol–water partition coefficient (Wildman–Crippen LogP) is 5.12. The number of oxime groups is 1. The standard InChI is InChI=1S/C20H16Cl2N4O2S/c21-18-9-14(7-8-23-18)25-13-3-1-12(2-4-13)16-10-15(28-26-16)11-24-20(27)17-5-6-19(22)29-17/h1-9,15H,10-11H2,(H,23,25)(H,24,27). The molecule has 2 N–H and O–H groups in total. The second kappa shape index (κ2) is 8.82. The maximum absolute atomic E-state index is 12.1. The minimum atomic E-state index is -0.193. The largest absolute Gasteiger partial charge is 0.390 e. The lowest BCUT2D eigenvalue weighted by atomic mass is 10.0. The lowest BCUT2D eigenvalue weighted by Crippen LogP contribution is -2.31. The quantitative estimate of drug-likeness (QED) is 0.515. The summed E-state index contributed by atoms with van der Waals surface area (Å²) in [6.07, 6.45) is 2.08. The zero-order valence-electron chi connectivity index (χ0n) is 15.1. The fourth-order valence-electron chi connectivity index (χ4n) is 2.83. The number of amides is 1. The van der Waals surface area contributed by atoms with Gasteiger partial charge in [-0.15, -0.1) is 11.3 Å². The Morgan fingerprint density at radius 1 is 1.14 bits per heavy atom. The van der Waals surface area contributed by atoms with Crippen LogP contribution in [0.4, 0.5) is 11.4 Å². The van der Waals surface area contributed by atoms with Gasteiger partial charge in [0.2, 0.25) is 0 Å². The van der Waals surface area contributed by atoms with Crippen LogP contribution in [0.15, 0.2) is 59.9 Å². The van der Waals surface area contributed by atoms with Crippen LogP contribution in [0.5, 0.6) is 0 Å². The van der Waals surface area contributed by atoms with Gasteiger partial charge in [-0.1, -0.05) is 40.5 Å². The molecule has 29 heavy (non-hydrogen) atoms. The average molecular weight is 447 g/mol. The van der Waals surface area contributed by atoms with Gasteiger partial charge in [0, 0.05) is 24.0 Å². The zero-order chi connectivity index (χ0) is 20.2. The first kappa shape index (κ1) is 19.7. The highest BCUT2D eigenvalue weighted by Crippen LogP contribution is 2.23. The first-order valence-electron chi connectivity index (χ1n) is 8.82. The highest BCUT2D eigenvalue weighted by molar-refractivity contribution is 7.18. The molecule has 1 amide bonds. The molecular weight excluding hydrogens is 431 g/mol. The number of nitrogens with zero attached hydrogens (tertiary/aromatic N) is 2. The summed E-state index contributed by atoms with van der Waals surface area (Å²) in [5.41, 5.74) is 3.61. The Labute approximate surface area is 181 Å². The van der Waals surface area contributed by atoms with Crippen molar-refractivity contribution in [1.82, 2.24) is 10.3 Å². The van der Waals surface area contributed by atoms with E-state index in [0.29, 0.717) is 27.3 Å². The third kappa shape index (κ3) is 5.06. The number of hydrogen-bond donors (Lipinski definition) is 2. The highest BCUT2D eigenvalue weighted by Gasteiger charge is 2.23. The number of halogens is 2. The molecule has 0 saturated heterocycles. The Kier molecular flexibility index (Phi) is 5.99. The summed E-state index contributed by atoms with van der Waals surface area (Å²) in [6, 6.07) is 14.9. The zero-order valence-corrected chi connectivity index (χ0v) is 17.4. The molecule has 1 aliphatic rings. The van der Waals surface area contributed by atoms with Gasteiger partial charge in [-0.05, 0) is 42.0 Å². The van der Waals surface area contributed by atoms with E-state index in [2.05, 4.69) is 20.8 Å². The van der Waals surface area contributed by atoms with Crippen LogP contribution < -0.4 is 10.6 Å². The van der Waals surface area contributed by atoms with E-state index in [9.17, 15) is 4.79 Å². The van der Waals surface area contributed by atoms with Crippen molar-refractivity contribution in [2.45, 2.75) is 12.5 Å². The van der Waals surface area contributed by atoms with Crippen LogP contribution in [0.25, 0.3) is 0 Å². The van der Waals surface area contributed by atoms with Crippen molar-refractivity contribution in [1.29, 1.82) is 0 Å². The normalized spacial score (nSPS) is 15.5. The van der Waals surface area contributed by atoms with Crippen molar-refractivity contribution in [3.05, 3.63) is 74.7 Å². The Bertz CT molecular complexity index is 1050. The van der Waals surface area contributed by atoms with Crippen LogP contribution in [0.3, 0.4) is 0 Å². The average Bonchev–Trinajstić information content (AvgIpc) is 3.36. The van der Waals surface area contributed by atoms with E-state index < -0.39 is 0 Å². The molecule has 0 aliphatic carbocycles. The lowest BCUT2D eigenvalue weighted by molar-refractivity contribution is 0.0755. The number of rotatable bonds is 6. The molecule has 0 fully saturated rings. The van der Waals surface area contributed by atoms with Crippen molar-refractivity contribution < 1.29 is 9.63 Å². The molecule has 0 spiro atoms. The van der Waals surface area contributed by atoms with Crippen LogP contribution in [0, 0.1) is 0 Å². The topological polar surface area (TPSA) is 75.6 Å². The summed E-state index contributed by atoms with van der Waals surface area (Å²) >= 11 is 13.0. The van der Waals surface area contributed by atoms with Gasteiger partial charge < -0.3 is 15.5 Å². The van der Waals surface area contributed by atoms with Gasteiger partial charge in [0.15, 0.2) is 0 Å². The third-order valence-electron chi connectivity index (χ3n) is 4.25. The van der Waals surface area contributed by atoms with Crippen molar-refractivity contribution in [3.8, 4) is 0 Å². The molecule has 6 nitrogen and oxygen atoms in total. The van der Waals surface area contributed by atoms with Crippen LogP contribution in [-0.4, -0.2) is 29.3 Å². The molecule has 1 aliphatic heterocycles. The maximum atomic E-state index is 12.1. The second-order valence-corrected chi connectivity index (χ2v) is 8.46. The summed E-state index contributed by atoms with van der Waals surface area (Å²) in [5.74, 6) is -0.161. The molecule has 148 valence electrons. The van der Waals surface area contributed by atoms with Gasteiger partial charge in [0.1, 0.15) is 11.3 Å². The van der Waals surface area contributed by atoms with Crippen molar-refractivity contribution >= 4 is 57.5 Å². The molecule has 3 aromatic rings. The fraction of sp³-hybridized carbons (Fsp3) is 0.150. The molecule has 1 atom stereocenters. The number of thiophene rings is 1. The summed E-state index contributed by atoms with van der Waals surface area (Å²) in [4.78, 5) is 22.1. The number of benzene rings is 1. The summed E-state index contributed by atoms with van der Waals surface area (Å²) < 4.78 is 0.586. The number of hydrogen-bond acceptors (Lipinski definition) is 6. The van der Waals surface area contributed by atoms with E-state index in [0.717, 1.165) is 22.6 Å². The second-order valence-electron chi connectivity index (χ2n) is 6.35.